The molecule has 0 aromatic heterocycles. The van der Waals surface area contributed by atoms with Gasteiger partial charge in [-0.3, -0.25) is 9.59 Å². The number of Topliss-reactive ketones (excluding diaryl/α,β-unsaturated/α-hetero) is 1. The molecule has 154 valence electrons. The fourth-order valence-corrected chi connectivity index (χ4v) is 4.29. The van der Waals surface area contributed by atoms with Crippen molar-refractivity contribution in [1.82, 2.24) is 5.32 Å². The number of rotatable bonds is 3. The Hall–Kier alpha value is -3.21. The summed E-state index contributed by atoms with van der Waals surface area (Å²) in [4.78, 5) is 39.0. The molecule has 2 aliphatic rings. The summed E-state index contributed by atoms with van der Waals surface area (Å²) in [6.45, 7) is 5.96. The molecular formula is C25H25NO4. The fraction of sp³-hybridized carbons (Fsp3) is 0.320. The van der Waals surface area contributed by atoms with Crippen LogP contribution in [0, 0.1) is 12.3 Å². The zero-order chi connectivity index (χ0) is 21.5. The molecule has 1 N–H and O–H groups in total. The van der Waals surface area contributed by atoms with E-state index in [1.807, 2.05) is 51.1 Å². The van der Waals surface area contributed by atoms with Crippen molar-refractivity contribution >= 4 is 17.7 Å². The second-order valence-corrected chi connectivity index (χ2v) is 8.90. The van der Waals surface area contributed by atoms with Gasteiger partial charge in [0.25, 0.3) is 5.91 Å². The van der Waals surface area contributed by atoms with Gasteiger partial charge in [-0.15, -0.1) is 0 Å². The van der Waals surface area contributed by atoms with Gasteiger partial charge in [0.2, 0.25) is 0 Å². The Labute approximate surface area is 176 Å². The van der Waals surface area contributed by atoms with Crippen LogP contribution in [0.1, 0.15) is 54.1 Å². The summed E-state index contributed by atoms with van der Waals surface area (Å²) in [5.74, 6) is -1.06. The van der Waals surface area contributed by atoms with E-state index in [1.165, 1.54) is 0 Å². The van der Waals surface area contributed by atoms with Gasteiger partial charge in [-0.2, -0.15) is 0 Å². The third-order valence-electron chi connectivity index (χ3n) is 5.76. The summed E-state index contributed by atoms with van der Waals surface area (Å²) in [5, 5.41) is 2.82. The number of carbonyl (C=O) groups is 3. The van der Waals surface area contributed by atoms with E-state index in [1.54, 1.807) is 24.3 Å². The maximum Gasteiger partial charge on any atom is 0.334 e. The molecule has 4 rings (SSSR count). The van der Waals surface area contributed by atoms with Crippen molar-refractivity contribution in [1.29, 1.82) is 0 Å². The highest BCUT2D eigenvalue weighted by molar-refractivity contribution is 6.03. The van der Waals surface area contributed by atoms with Crippen molar-refractivity contribution in [2.24, 2.45) is 5.41 Å². The number of aryl methyl sites for hydroxylation is 1. The first-order chi connectivity index (χ1) is 14.2. The summed E-state index contributed by atoms with van der Waals surface area (Å²) in [6, 6.07) is 15.5. The molecule has 5 heteroatoms. The number of hydrogen-bond donors (Lipinski definition) is 1. The van der Waals surface area contributed by atoms with Crippen LogP contribution in [0.25, 0.3) is 0 Å². The van der Waals surface area contributed by atoms with E-state index in [9.17, 15) is 14.4 Å². The molecule has 0 radical (unpaired) electrons. The van der Waals surface area contributed by atoms with Crippen molar-refractivity contribution < 1.29 is 19.1 Å². The zero-order valence-electron chi connectivity index (χ0n) is 17.4. The Morgan fingerprint density at radius 2 is 1.67 bits per heavy atom. The molecule has 2 aromatic carbocycles. The Bertz CT molecular complexity index is 1030. The van der Waals surface area contributed by atoms with Crippen molar-refractivity contribution in [3.8, 4) is 0 Å². The standard InChI is InChI=1S/C25H25NO4/c1-15-9-11-16(12-10-15)20-21-18(27)13-25(2,3)14-19(21)30-24(29)22(20)26-23(28)17-7-5-4-6-8-17/h4-12,20,22H,13-14H2,1-3H3,(H,26,28)/t20-,22-/m1/s1. The molecule has 0 saturated heterocycles. The largest absolute Gasteiger partial charge is 0.429 e. The van der Waals surface area contributed by atoms with E-state index in [4.69, 9.17) is 4.74 Å². The summed E-state index contributed by atoms with van der Waals surface area (Å²) < 4.78 is 5.63. The van der Waals surface area contributed by atoms with Crippen molar-refractivity contribution in [2.75, 3.05) is 0 Å². The van der Waals surface area contributed by atoms with Gasteiger partial charge in [0, 0.05) is 29.9 Å². The molecule has 0 saturated carbocycles. The lowest BCUT2D eigenvalue weighted by Crippen LogP contribution is -2.51. The average molecular weight is 403 g/mol. The maximum absolute atomic E-state index is 13.1. The molecule has 0 spiro atoms. The van der Waals surface area contributed by atoms with Gasteiger partial charge in [-0.25, -0.2) is 4.79 Å². The van der Waals surface area contributed by atoms with Gasteiger partial charge in [0.05, 0.1) is 0 Å². The lowest BCUT2D eigenvalue weighted by atomic mass is 9.70. The van der Waals surface area contributed by atoms with E-state index in [2.05, 4.69) is 5.32 Å². The zero-order valence-corrected chi connectivity index (χ0v) is 17.4. The number of amides is 1. The molecule has 2 aromatic rings. The quantitative estimate of drug-likeness (QED) is 0.784. The van der Waals surface area contributed by atoms with Crippen molar-refractivity contribution in [2.45, 2.75) is 45.6 Å². The van der Waals surface area contributed by atoms with Crippen LogP contribution in [0.15, 0.2) is 65.9 Å². The lowest BCUT2D eigenvalue weighted by molar-refractivity contribution is -0.145. The molecule has 0 bridgehead atoms. The normalized spacial score (nSPS) is 22.9. The van der Waals surface area contributed by atoms with Crippen molar-refractivity contribution in [3.63, 3.8) is 0 Å². The van der Waals surface area contributed by atoms with Crippen LogP contribution >= 0.6 is 0 Å². The van der Waals surface area contributed by atoms with E-state index in [-0.39, 0.29) is 17.1 Å². The molecule has 1 amide bonds. The van der Waals surface area contributed by atoms with Crippen molar-refractivity contribution in [3.05, 3.63) is 82.6 Å². The molecule has 5 nitrogen and oxygen atoms in total. The third kappa shape index (κ3) is 3.80. The molecule has 1 heterocycles. The highest BCUT2D eigenvalue weighted by atomic mass is 16.5. The highest BCUT2D eigenvalue weighted by Crippen LogP contribution is 2.46. The van der Waals surface area contributed by atoms with Gasteiger partial charge in [-0.05, 0) is 30.0 Å². The van der Waals surface area contributed by atoms with Crippen LogP contribution in [0.5, 0.6) is 0 Å². The minimum absolute atomic E-state index is 0.0294. The van der Waals surface area contributed by atoms with E-state index >= 15 is 0 Å². The minimum atomic E-state index is -0.968. The number of carbonyl (C=O) groups excluding carboxylic acids is 3. The van der Waals surface area contributed by atoms with Crippen LogP contribution in [-0.4, -0.2) is 23.7 Å². The van der Waals surface area contributed by atoms with Crippen LogP contribution in [0.3, 0.4) is 0 Å². The summed E-state index contributed by atoms with van der Waals surface area (Å²) >= 11 is 0. The van der Waals surface area contributed by atoms with Crippen LogP contribution < -0.4 is 5.32 Å². The van der Waals surface area contributed by atoms with E-state index in [0.29, 0.717) is 29.7 Å². The second kappa shape index (κ2) is 7.56. The van der Waals surface area contributed by atoms with E-state index in [0.717, 1.165) is 11.1 Å². The Morgan fingerprint density at radius 3 is 2.33 bits per heavy atom. The number of ether oxygens (including phenoxy) is 1. The second-order valence-electron chi connectivity index (χ2n) is 8.90. The monoisotopic (exact) mass is 403 g/mol. The lowest BCUT2D eigenvalue weighted by Gasteiger charge is -2.40. The minimum Gasteiger partial charge on any atom is -0.429 e. The smallest absolute Gasteiger partial charge is 0.334 e. The van der Waals surface area contributed by atoms with E-state index < -0.39 is 17.9 Å². The first-order valence-corrected chi connectivity index (χ1v) is 10.2. The highest BCUT2D eigenvalue weighted by Gasteiger charge is 2.47. The Balaban J connectivity index is 1.78. The summed E-state index contributed by atoms with van der Waals surface area (Å²) in [7, 11) is 0. The molecule has 0 unspecified atom stereocenters. The van der Waals surface area contributed by atoms with Gasteiger partial charge < -0.3 is 10.1 Å². The van der Waals surface area contributed by atoms with Crippen LogP contribution in [-0.2, 0) is 14.3 Å². The topological polar surface area (TPSA) is 72.5 Å². The SMILES string of the molecule is Cc1ccc([C@@H]2C3=C(CC(C)(C)CC3=O)OC(=O)[C@@H]2NC(=O)c2ccccc2)cc1. The fourth-order valence-electron chi connectivity index (χ4n) is 4.29. The van der Waals surface area contributed by atoms with Gasteiger partial charge >= 0.3 is 5.97 Å². The first-order valence-electron chi connectivity index (χ1n) is 10.2. The Kier molecular flexibility index (Phi) is 5.06. The number of allylic oxidation sites excluding steroid dienone is 1. The number of nitrogens with one attached hydrogen (secondary N) is 1. The number of benzene rings is 2. The van der Waals surface area contributed by atoms with Crippen LogP contribution in [0.4, 0.5) is 0 Å². The first kappa shape index (κ1) is 20.1. The van der Waals surface area contributed by atoms with Gasteiger partial charge in [-0.1, -0.05) is 61.9 Å². The predicted octanol–water partition coefficient (Wildman–Crippen LogP) is 4.08. The number of hydrogen-bond acceptors (Lipinski definition) is 4. The van der Waals surface area contributed by atoms with Gasteiger partial charge in [0.1, 0.15) is 11.8 Å². The number of ketones is 1. The molecule has 1 aliphatic carbocycles. The average Bonchev–Trinajstić information content (AvgIpc) is 2.69. The molecule has 0 fully saturated rings. The Morgan fingerprint density at radius 1 is 1.00 bits per heavy atom. The van der Waals surface area contributed by atoms with Crippen LogP contribution in [0.2, 0.25) is 0 Å². The molecule has 1 aliphatic heterocycles. The van der Waals surface area contributed by atoms with Gasteiger partial charge in [0.15, 0.2) is 5.78 Å². The summed E-state index contributed by atoms with van der Waals surface area (Å²) in [6.07, 6.45) is 0.895. The number of esters is 1. The summed E-state index contributed by atoms with van der Waals surface area (Å²) in [5.41, 5.74) is 2.58. The molecular weight excluding hydrogens is 378 g/mol. The molecule has 30 heavy (non-hydrogen) atoms. The maximum atomic E-state index is 13.1. The third-order valence-corrected chi connectivity index (χ3v) is 5.76. The molecule has 2 atom stereocenters. The predicted molar refractivity (Wildman–Crippen MR) is 113 cm³/mol.